The smallest absolute Gasteiger partial charge is 0.0848 e. The van der Waals surface area contributed by atoms with E-state index in [0.29, 0.717) is 0 Å². The van der Waals surface area contributed by atoms with Gasteiger partial charge in [0.05, 0.1) is 22.8 Å². The predicted octanol–water partition coefficient (Wildman–Crippen LogP) is 9.42. The van der Waals surface area contributed by atoms with Gasteiger partial charge >= 0.3 is 0 Å². The van der Waals surface area contributed by atoms with Crippen LogP contribution < -0.4 is 0 Å². The Hall–Kier alpha value is -1.82. The van der Waals surface area contributed by atoms with E-state index in [1.54, 1.807) is 0 Å². The molecule has 0 aliphatic carbocycles. The topological polar surface area (TPSA) is 24.7 Å². The summed E-state index contributed by atoms with van der Waals surface area (Å²) < 4.78 is 0. The van der Waals surface area contributed by atoms with Crippen LogP contribution in [0.15, 0.2) is 82.8 Å². The van der Waals surface area contributed by atoms with Crippen LogP contribution in [0.2, 0.25) is 0 Å². The van der Waals surface area contributed by atoms with Crippen molar-refractivity contribution in [1.29, 1.82) is 0 Å². The van der Waals surface area contributed by atoms with Gasteiger partial charge in [-0.1, -0.05) is 101 Å². The molecular formula is C29H40N2Pd. The van der Waals surface area contributed by atoms with Gasteiger partial charge in [0, 0.05) is 20.4 Å². The minimum atomic E-state index is 0. The number of unbranched alkanes of at least 4 members (excludes halogenated alkanes) is 8. The molecule has 0 aliphatic heterocycles. The zero-order valence-electron chi connectivity index (χ0n) is 19.9. The van der Waals surface area contributed by atoms with Crippen molar-refractivity contribution in [2.75, 3.05) is 0 Å². The van der Waals surface area contributed by atoms with Crippen molar-refractivity contribution in [3.8, 4) is 0 Å². The van der Waals surface area contributed by atoms with Crippen LogP contribution >= 0.6 is 0 Å². The Balaban J connectivity index is 0.00000512. The molecule has 176 valence electrons. The van der Waals surface area contributed by atoms with E-state index < -0.39 is 0 Å². The number of hydrogen-bond acceptors (Lipinski definition) is 2. The molecule has 0 amide bonds. The van der Waals surface area contributed by atoms with E-state index in [-0.39, 0.29) is 20.4 Å². The molecule has 0 aliphatic rings. The first-order valence-corrected chi connectivity index (χ1v) is 12.3. The number of para-hydroxylation sites is 2. The van der Waals surface area contributed by atoms with Crippen LogP contribution in [0.1, 0.15) is 84.5 Å². The fourth-order valence-electron chi connectivity index (χ4n) is 3.50. The Morgan fingerprint density at radius 3 is 1.78 bits per heavy atom. The Bertz CT molecular complexity index is 794. The monoisotopic (exact) mass is 522 g/mol. The van der Waals surface area contributed by atoms with Crippen LogP contribution in [0.5, 0.6) is 0 Å². The molecule has 0 N–H and O–H groups in total. The molecule has 2 nitrogen and oxygen atoms in total. The SMILES string of the molecule is CCCCCCCCC/C=C/C(=N\c1ccccc1)C(/CCCC)=N/c1ccccc1.[Pd]. The van der Waals surface area contributed by atoms with Crippen LogP contribution in [0, 0.1) is 0 Å². The van der Waals surface area contributed by atoms with Crippen molar-refractivity contribution in [2.45, 2.75) is 84.5 Å². The Kier molecular flexibility index (Phi) is 16.5. The molecule has 2 aromatic carbocycles. The Morgan fingerprint density at radius 2 is 1.19 bits per heavy atom. The van der Waals surface area contributed by atoms with Crippen LogP contribution in [0.3, 0.4) is 0 Å². The quantitative estimate of drug-likeness (QED) is 0.126. The molecule has 32 heavy (non-hydrogen) atoms. The maximum absolute atomic E-state index is 4.98. The van der Waals surface area contributed by atoms with Gasteiger partial charge < -0.3 is 0 Å². The van der Waals surface area contributed by atoms with Gasteiger partial charge in [0.1, 0.15) is 0 Å². The standard InChI is InChI=1S/C29H40N2.Pd/c1-3-5-7-8-9-10-11-12-19-25-29(31-27-22-17-14-18-23-27)28(24-6-4-2)30-26-20-15-13-16-21-26;/h13-23,25H,3-12,24H2,1-2H3;/b25-19+,30-28+,31-29+;. The second-order valence-electron chi connectivity index (χ2n) is 8.14. The number of allylic oxidation sites excluding steroid dienone is 2. The van der Waals surface area contributed by atoms with Gasteiger partial charge in [0.15, 0.2) is 0 Å². The molecule has 2 aromatic rings. The second-order valence-corrected chi connectivity index (χ2v) is 8.14. The van der Waals surface area contributed by atoms with Crippen LogP contribution in [0.25, 0.3) is 0 Å². The summed E-state index contributed by atoms with van der Waals surface area (Å²) in [6.07, 6.45) is 18.2. The summed E-state index contributed by atoms with van der Waals surface area (Å²) in [4.78, 5) is 9.96. The van der Waals surface area contributed by atoms with E-state index in [9.17, 15) is 0 Å². The van der Waals surface area contributed by atoms with Gasteiger partial charge in [0.2, 0.25) is 0 Å². The van der Waals surface area contributed by atoms with E-state index in [2.05, 4.69) is 50.3 Å². The third-order valence-electron chi connectivity index (χ3n) is 5.34. The average molecular weight is 523 g/mol. The zero-order chi connectivity index (χ0) is 22.0. The molecule has 0 spiro atoms. The number of aliphatic imine (C=N–C) groups is 2. The third-order valence-corrected chi connectivity index (χ3v) is 5.34. The Labute approximate surface area is 210 Å². The summed E-state index contributed by atoms with van der Waals surface area (Å²) in [5, 5.41) is 0. The van der Waals surface area contributed by atoms with E-state index in [0.717, 1.165) is 48.5 Å². The molecule has 0 saturated carbocycles. The molecule has 0 atom stereocenters. The molecule has 0 radical (unpaired) electrons. The van der Waals surface area contributed by atoms with Crippen molar-refractivity contribution in [1.82, 2.24) is 0 Å². The molecule has 0 saturated heterocycles. The van der Waals surface area contributed by atoms with Gasteiger partial charge in [-0.15, -0.1) is 0 Å². The number of rotatable bonds is 15. The maximum atomic E-state index is 4.98. The molecule has 0 bridgehead atoms. The fraction of sp³-hybridized carbons (Fsp3) is 0.448. The summed E-state index contributed by atoms with van der Waals surface area (Å²) in [7, 11) is 0. The van der Waals surface area contributed by atoms with Gasteiger partial charge in [-0.25, -0.2) is 4.99 Å². The number of hydrogen-bond donors (Lipinski definition) is 0. The third kappa shape index (κ3) is 12.3. The van der Waals surface area contributed by atoms with E-state index in [1.807, 2.05) is 36.4 Å². The predicted molar refractivity (Wildman–Crippen MR) is 138 cm³/mol. The molecular weight excluding hydrogens is 483 g/mol. The molecule has 2 rings (SSSR count). The first kappa shape index (κ1) is 28.2. The molecule has 0 unspecified atom stereocenters. The van der Waals surface area contributed by atoms with Crippen molar-refractivity contribution in [2.24, 2.45) is 9.98 Å². The zero-order valence-corrected chi connectivity index (χ0v) is 21.5. The van der Waals surface area contributed by atoms with Gasteiger partial charge in [0.25, 0.3) is 0 Å². The van der Waals surface area contributed by atoms with Crippen LogP contribution in [-0.4, -0.2) is 11.4 Å². The van der Waals surface area contributed by atoms with Crippen LogP contribution in [0.4, 0.5) is 11.4 Å². The molecule has 0 aromatic heterocycles. The van der Waals surface area contributed by atoms with Crippen molar-refractivity contribution < 1.29 is 20.4 Å². The fourth-order valence-corrected chi connectivity index (χ4v) is 3.50. The van der Waals surface area contributed by atoms with Gasteiger partial charge in [-0.3, -0.25) is 4.99 Å². The van der Waals surface area contributed by atoms with E-state index in [4.69, 9.17) is 9.98 Å². The van der Waals surface area contributed by atoms with E-state index >= 15 is 0 Å². The molecule has 0 fully saturated rings. The number of nitrogens with zero attached hydrogens (tertiary/aromatic N) is 2. The van der Waals surface area contributed by atoms with Gasteiger partial charge in [-0.2, -0.15) is 0 Å². The molecule has 0 heterocycles. The minimum absolute atomic E-state index is 0. The normalized spacial score (nSPS) is 12.2. The summed E-state index contributed by atoms with van der Waals surface area (Å²) in [6, 6.07) is 20.5. The Morgan fingerprint density at radius 1 is 0.656 bits per heavy atom. The average Bonchev–Trinajstić information content (AvgIpc) is 2.81. The second kappa shape index (κ2) is 18.7. The largest absolute Gasteiger partial charge is 0.251 e. The van der Waals surface area contributed by atoms with Crippen molar-refractivity contribution >= 4 is 22.8 Å². The minimum Gasteiger partial charge on any atom is -0.251 e. The van der Waals surface area contributed by atoms with Gasteiger partial charge in [-0.05, 0) is 56.0 Å². The van der Waals surface area contributed by atoms with E-state index in [1.165, 1.54) is 44.9 Å². The van der Waals surface area contributed by atoms with Crippen molar-refractivity contribution in [3.63, 3.8) is 0 Å². The summed E-state index contributed by atoms with van der Waals surface area (Å²) in [5.41, 5.74) is 4.05. The van der Waals surface area contributed by atoms with Crippen LogP contribution in [-0.2, 0) is 20.4 Å². The summed E-state index contributed by atoms with van der Waals surface area (Å²) >= 11 is 0. The first-order valence-electron chi connectivity index (χ1n) is 12.3. The summed E-state index contributed by atoms with van der Waals surface area (Å²) in [6.45, 7) is 4.50. The first-order chi connectivity index (χ1) is 15.3. The number of benzene rings is 2. The summed E-state index contributed by atoms with van der Waals surface area (Å²) in [5.74, 6) is 0. The maximum Gasteiger partial charge on any atom is 0.0848 e. The van der Waals surface area contributed by atoms with Crippen molar-refractivity contribution in [3.05, 3.63) is 72.8 Å². The molecule has 3 heteroatoms.